The van der Waals surface area contributed by atoms with Crippen LogP contribution in [0.2, 0.25) is 0 Å². The number of ether oxygens (including phenoxy) is 1. The van der Waals surface area contributed by atoms with Gasteiger partial charge in [0, 0.05) is 23.5 Å². The van der Waals surface area contributed by atoms with Gasteiger partial charge in [-0.05, 0) is 37.3 Å². The van der Waals surface area contributed by atoms with Crippen LogP contribution in [0.15, 0.2) is 53.9 Å². The van der Waals surface area contributed by atoms with Crippen molar-refractivity contribution < 1.29 is 9.53 Å². The number of hydrazone groups is 1. The lowest BCUT2D eigenvalue weighted by molar-refractivity contribution is 0.0954. The van der Waals surface area contributed by atoms with Crippen molar-refractivity contribution in [2.75, 3.05) is 7.11 Å². The van der Waals surface area contributed by atoms with Crippen molar-refractivity contribution in [2.45, 2.75) is 6.92 Å². The van der Waals surface area contributed by atoms with Crippen molar-refractivity contribution in [1.29, 1.82) is 0 Å². The average molecular weight is 269 g/mol. The monoisotopic (exact) mass is 269 g/mol. The van der Waals surface area contributed by atoms with E-state index in [9.17, 15) is 4.79 Å². The molecule has 1 amide bonds. The summed E-state index contributed by atoms with van der Waals surface area (Å²) in [6, 6.07) is 10.6. The third-order valence-corrected chi connectivity index (χ3v) is 2.76. The molecule has 1 N–H and O–H groups in total. The van der Waals surface area contributed by atoms with Gasteiger partial charge in [0.25, 0.3) is 5.91 Å². The second-order valence-electron chi connectivity index (χ2n) is 4.11. The molecule has 20 heavy (non-hydrogen) atoms. The lowest BCUT2D eigenvalue weighted by Crippen LogP contribution is -2.19. The first-order chi connectivity index (χ1) is 9.70. The van der Waals surface area contributed by atoms with Crippen molar-refractivity contribution >= 4 is 11.6 Å². The molecule has 0 radical (unpaired) electrons. The van der Waals surface area contributed by atoms with Gasteiger partial charge in [-0.25, -0.2) is 5.43 Å². The van der Waals surface area contributed by atoms with Crippen LogP contribution in [0.5, 0.6) is 5.75 Å². The number of benzene rings is 1. The van der Waals surface area contributed by atoms with Crippen LogP contribution in [0.1, 0.15) is 22.8 Å². The Hall–Kier alpha value is -2.69. The van der Waals surface area contributed by atoms with Gasteiger partial charge in [-0.15, -0.1) is 0 Å². The molecule has 102 valence electrons. The quantitative estimate of drug-likeness (QED) is 0.684. The fourth-order valence-electron chi connectivity index (χ4n) is 1.62. The highest BCUT2D eigenvalue weighted by Crippen LogP contribution is 2.12. The molecule has 0 saturated heterocycles. The summed E-state index contributed by atoms with van der Waals surface area (Å²) in [7, 11) is 1.56. The van der Waals surface area contributed by atoms with Crippen LogP contribution in [0, 0.1) is 0 Å². The van der Waals surface area contributed by atoms with E-state index in [1.807, 2.05) is 19.1 Å². The summed E-state index contributed by atoms with van der Waals surface area (Å²) >= 11 is 0. The lowest BCUT2D eigenvalue weighted by Gasteiger charge is -2.04. The van der Waals surface area contributed by atoms with Crippen LogP contribution < -0.4 is 10.2 Å². The van der Waals surface area contributed by atoms with E-state index < -0.39 is 0 Å². The Bertz CT molecular complexity index is 624. The SMILES string of the molecule is COc1cccc(C(=O)N/N=C(/C)c2ccncc2)c1. The van der Waals surface area contributed by atoms with Gasteiger partial charge in [-0.2, -0.15) is 5.10 Å². The standard InChI is InChI=1S/C15H15N3O2/c1-11(12-6-8-16-9-7-12)17-18-15(19)13-4-3-5-14(10-13)20-2/h3-10H,1-2H3,(H,18,19)/b17-11-. The van der Waals surface area contributed by atoms with Crippen LogP contribution >= 0.6 is 0 Å². The fourth-order valence-corrected chi connectivity index (χ4v) is 1.62. The van der Waals surface area contributed by atoms with Crippen molar-refractivity contribution in [3.05, 3.63) is 59.9 Å². The van der Waals surface area contributed by atoms with Crippen LogP contribution in [0.4, 0.5) is 0 Å². The maximum atomic E-state index is 12.0. The highest BCUT2D eigenvalue weighted by Gasteiger charge is 2.06. The number of methoxy groups -OCH3 is 1. The number of pyridine rings is 1. The van der Waals surface area contributed by atoms with Crippen LogP contribution in [0.25, 0.3) is 0 Å². The van der Waals surface area contributed by atoms with E-state index in [1.54, 1.807) is 43.8 Å². The Morgan fingerprint density at radius 3 is 2.65 bits per heavy atom. The molecule has 5 heteroatoms. The van der Waals surface area contributed by atoms with E-state index in [0.29, 0.717) is 17.0 Å². The molecule has 0 aliphatic rings. The van der Waals surface area contributed by atoms with Gasteiger partial charge in [0.05, 0.1) is 12.8 Å². The van der Waals surface area contributed by atoms with E-state index in [2.05, 4.69) is 15.5 Å². The fraction of sp³-hybridized carbons (Fsp3) is 0.133. The van der Waals surface area contributed by atoms with Crippen LogP contribution in [0.3, 0.4) is 0 Å². The molecule has 0 fully saturated rings. The molecule has 1 aromatic carbocycles. The number of amides is 1. The smallest absolute Gasteiger partial charge is 0.271 e. The van der Waals surface area contributed by atoms with Gasteiger partial charge < -0.3 is 4.74 Å². The molecule has 5 nitrogen and oxygen atoms in total. The number of nitrogens with one attached hydrogen (secondary N) is 1. The van der Waals surface area contributed by atoms with Crippen molar-refractivity contribution in [3.63, 3.8) is 0 Å². The van der Waals surface area contributed by atoms with Crippen molar-refractivity contribution in [2.24, 2.45) is 5.10 Å². The first-order valence-corrected chi connectivity index (χ1v) is 6.10. The van der Waals surface area contributed by atoms with Gasteiger partial charge in [0.1, 0.15) is 5.75 Å². The zero-order valence-electron chi connectivity index (χ0n) is 11.3. The number of nitrogens with zero attached hydrogens (tertiary/aromatic N) is 2. The molecule has 0 saturated carbocycles. The van der Waals surface area contributed by atoms with Gasteiger partial charge >= 0.3 is 0 Å². The summed E-state index contributed by atoms with van der Waals surface area (Å²) in [5.74, 6) is 0.352. The Kier molecular flexibility index (Phi) is 4.44. The van der Waals surface area contributed by atoms with Gasteiger partial charge in [-0.3, -0.25) is 9.78 Å². The summed E-state index contributed by atoms with van der Waals surface area (Å²) in [6.45, 7) is 1.82. The number of hydrogen-bond donors (Lipinski definition) is 1. The van der Waals surface area contributed by atoms with E-state index >= 15 is 0 Å². The molecule has 0 atom stereocenters. The molecule has 1 heterocycles. The Morgan fingerprint density at radius 1 is 1.20 bits per heavy atom. The van der Waals surface area contributed by atoms with E-state index in [-0.39, 0.29) is 5.91 Å². The Balaban J connectivity index is 2.08. The molecule has 0 aliphatic carbocycles. The number of carbonyl (C=O) groups is 1. The molecular weight excluding hydrogens is 254 g/mol. The molecule has 2 aromatic rings. The normalized spacial score (nSPS) is 11.0. The highest BCUT2D eigenvalue weighted by molar-refractivity contribution is 6.00. The summed E-state index contributed by atoms with van der Waals surface area (Å²) in [6.07, 6.45) is 3.36. The first-order valence-electron chi connectivity index (χ1n) is 6.10. The highest BCUT2D eigenvalue weighted by atomic mass is 16.5. The number of carbonyl (C=O) groups excluding carboxylic acids is 1. The minimum Gasteiger partial charge on any atom is -0.497 e. The third-order valence-electron chi connectivity index (χ3n) is 2.76. The van der Waals surface area contributed by atoms with Gasteiger partial charge in [0.2, 0.25) is 0 Å². The van der Waals surface area contributed by atoms with Crippen molar-refractivity contribution in [3.8, 4) is 5.75 Å². The molecule has 0 spiro atoms. The van der Waals surface area contributed by atoms with Crippen molar-refractivity contribution in [1.82, 2.24) is 10.4 Å². The molecule has 0 bridgehead atoms. The topological polar surface area (TPSA) is 63.6 Å². The second-order valence-corrected chi connectivity index (χ2v) is 4.11. The minimum absolute atomic E-state index is 0.280. The van der Waals surface area contributed by atoms with E-state index in [4.69, 9.17) is 4.74 Å². The van der Waals surface area contributed by atoms with Crippen LogP contribution in [-0.4, -0.2) is 23.7 Å². The Labute approximate surface area is 117 Å². The Morgan fingerprint density at radius 2 is 1.95 bits per heavy atom. The second kappa shape index (κ2) is 6.47. The predicted octanol–water partition coefficient (Wildman–Crippen LogP) is 2.24. The summed E-state index contributed by atoms with van der Waals surface area (Å²) in [5.41, 5.74) is 4.64. The molecule has 0 aliphatic heterocycles. The largest absolute Gasteiger partial charge is 0.497 e. The minimum atomic E-state index is -0.280. The summed E-state index contributed by atoms with van der Waals surface area (Å²) in [5, 5.41) is 4.07. The molecular formula is C15H15N3O2. The van der Waals surface area contributed by atoms with Crippen LogP contribution in [-0.2, 0) is 0 Å². The first kappa shape index (κ1) is 13.7. The molecule has 2 rings (SSSR count). The predicted molar refractivity (Wildman–Crippen MR) is 76.9 cm³/mol. The molecule has 1 aromatic heterocycles. The number of rotatable bonds is 4. The lowest BCUT2D eigenvalue weighted by atomic mass is 10.2. The maximum absolute atomic E-state index is 12.0. The zero-order chi connectivity index (χ0) is 14.4. The number of hydrogen-bond acceptors (Lipinski definition) is 4. The summed E-state index contributed by atoms with van der Waals surface area (Å²) < 4.78 is 5.08. The summed E-state index contributed by atoms with van der Waals surface area (Å²) in [4.78, 5) is 15.9. The average Bonchev–Trinajstić information content (AvgIpc) is 2.53. The number of aromatic nitrogens is 1. The third kappa shape index (κ3) is 3.41. The molecule has 0 unspecified atom stereocenters. The van der Waals surface area contributed by atoms with E-state index in [0.717, 1.165) is 5.56 Å². The van der Waals surface area contributed by atoms with E-state index in [1.165, 1.54) is 0 Å². The van der Waals surface area contributed by atoms with Gasteiger partial charge in [-0.1, -0.05) is 6.07 Å². The zero-order valence-corrected chi connectivity index (χ0v) is 11.3. The van der Waals surface area contributed by atoms with Gasteiger partial charge in [0.15, 0.2) is 0 Å². The maximum Gasteiger partial charge on any atom is 0.271 e.